The average Bonchev–Trinajstić information content (AvgIpc) is 2.67. The van der Waals surface area contributed by atoms with Crippen molar-refractivity contribution in [2.24, 2.45) is 0 Å². The Morgan fingerprint density at radius 3 is 2.82 bits per heavy atom. The molecule has 3 heterocycles. The summed E-state index contributed by atoms with van der Waals surface area (Å²) in [6.07, 6.45) is -2.04. The van der Waals surface area contributed by atoms with Crippen LogP contribution in [-0.2, 0) is 11.0 Å². The zero-order valence-corrected chi connectivity index (χ0v) is 14.9. The Bertz CT molecular complexity index is 882. The summed E-state index contributed by atoms with van der Waals surface area (Å²) in [5.41, 5.74) is -0.0858. The number of rotatable bonds is 3. The van der Waals surface area contributed by atoms with Crippen molar-refractivity contribution in [1.82, 2.24) is 15.3 Å². The summed E-state index contributed by atoms with van der Waals surface area (Å²) in [4.78, 5) is 21.4. The molecule has 28 heavy (non-hydrogen) atoms. The molecule has 0 spiro atoms. The largest absolute Gasteiger partial charge is 0.421 e. The number of nitrogens with one attached hydrogen (secondary N) is 3. The Hall–Kier alpha value is -2.88. The molecule has 2 aliphatic heterocycles. The van der Waals surface area contributed by atoms with Crippen LogP contribution in [0.5, 0.6) is 0 Å². The molecular weight excluding hydrogens is 373 g/mol. The Kier molecular flexibility index (Phi) is 4.80. The van der Waals surface area contributed by atoms with Gasteiger partial charge in [-0.1, -0.05) is 12.1 Å². The molecule has 1 unspecified atom stereocenters. The molecule has 3 N–H and O–H groups in total. The molecule has 148 valence electrons. The van der Waals surface area contributed by atoms with Gasteiger partial charge in [0.15, 0.2) is 5.82 Å². The van der Waals surface area contributed by atoms with Gasteiger partial charge in [0.05, 0.1) is 11.4 Å². The number of halogens is 3. The van der Waals surface area contributed by atoms with Crippen molar-refractivity contribution in [3.63, 3.8) is 0 Å². The summed E-state index contributed by atoms with van der Waals surface area (Å²) in [5, 5.41) is 8.99. The van der Waals surface area contributed by atoms with E-state index in [1.807, 2.05) is 0 Å². The third-order valence-corrected chi connectivity index (χ3v) is 4.73. The van der Waals surface area contributed by atoms with E-state index in [0.717, 1.165) is 25.6 Å². The second kappa shape index (κ2) is 7.27. The van der Waals surface area contributed by atoms with Crippen molar-refractivity contribution in [1.29, 1.82) is 0 Å². The topological polar surface area (TPSA) is 82.2 Å². The molecule has 0 saturated carbocycles. The number of aromatic nitrogens is 2. The van der Waals surface area contributed by atoms with E-state index in [-0.39, 0.29) is 24.4 Å². The van der Waals surface area contributed by atoms with E-state index in [4.69, 9.17) is 0 Å². The number of para-hydroxylation sites is 2. The van der Waals surface area contributed by atoms with E-state index in [1.54, 1.807) is 24.3 Å². The van der Waals surface area contributed by atoms with E-state index < -0.39 is 17.6 Å². The molecule has 0 aliphatic carbocycles. The van der Waals surface area contributed by atoms with Crippen LogP contribution in [0.1, 0.15) is 18.4 Å². The number of piperidine rings is 1. The predicted molar refractivity (Wildman–Crippen MR) is 98.6 cm³/mol. The summed E-state index contributed by atoms with van der Waals surface area (Å²) in [7, 11) is 0. The number of anilines is 4. The number of amides is 1. The summed E-state index contributed by atoms with van der Waals surface area (Å²) in [6, 6.07) is 6.73. The van der Waals surface area contributed by atoms with Gasteiger partial charge in [-0.2, -0.15) is 18.2 Å². The monoisotopic (exact) mass is 392 g/mol. The second-order valence-corrected chi connectivity index (χ2v) is 6.77. The summed E-state index contributed by atoms with van der Waals surface area (Å²) < 4.78 is 40.9. The molecule has 1 aromatic heterocycles. The number of alkyl halides is 3. The maximum absolute atomic E-state index is 13.6. The van der Waals surface area contributed by atoms with Crippen molar-refractivity contribution in [2.75, 3.05) is 35.2 Å². The highest BCUT2D eigenvalue weighted by Crippen LogP contribution is 2.41. The van der Waals surface area contributed by atoms with Crippen LogP contribution >= 0.6 is 0 Å². The van der Waals surface area contributed by atoms with Gasteiger partial charge in [-0.15, -0.1) is 0 Å². The Morgan fingerprint density at radius 2 is 2.07 bits per heavy atom. The molecule has 2 aromatic rings. The minimum absolute atomic E-state index is 0.0373. The number of fused-ring (bicyclic) bond motifs is 1. The average molecular weight is 392 g/mol. The molecule has 1 aromatic carbocycles. The quantitative estimate of drug-likeness (QED) is 0.745. The first-order valence-corrected chi connectivity index (χ1v) is 9.00. The lowest BCUT2D eigenvalue weighted by Gasteiger charge is -2.32. The minimum atomic E-state index is -4.65. The van der Waals surface area contributed by atoms with E-state index in [1.165, 1.54) is 4.90 Å². The van der Waals surface area contributed by atoms with Crippen LogP contribution in [0, 0.1) is 0 Å². The van der Waals surface area contributed by atoms with E-state index >= 15 is 0 Å². The zero-order chi connectivity index (χ0) is 19.7. The van der Waals surface area contributed by atoms with Gasteiger partial charge in [0.1, 0.15) is 12.1 Å². The molecule has 1 saturated heterocycles. The first-order chi connectivity index (χ1) is 13.4. The van der Waals surface area contributed by atoms with Crippen LogP contribution < -0.4 is 20.9 Å². The van der Waals surface area contributed by atoms with Gasteiger partial charge in [-0.25, -0.2) is 4.98 Å². The van der Waals surface area contributed by atoms with Crippen LogP contribution in [0.15, 0.2) is 30.5 Å². The minimum Gasteiger partial charge on any atom is -0.350 e. The molecule has 10 heteroatoms. The fourth-order valence-corrected chi connectivity index (χ4v) is 3.43. The number of carbonyl (C=O) groups is 1. The number of carbonyl (C=O) groups excluding carboxylic acids is 1. The van der Waals surface area contributed by atoms with Crippen molar-refractivity contribution in [3.05, 3.63) is 36.0 Å². The van der Waals surface area contributed by atoms with Crippen molar-refractivity contribution >= 4 is 29.0 Å². The molecule has 1 atom stereocenters. The van der Waals surface area contributed by atoms with E-state index in [9.17, 15) is 18.0 Å². The standard InChI is InChI=1S/C18H19F3N6O/c19-18(20,21)12-9-23-17(24-11-4-3-7-22-8-11)26-16(12)27-10-15(28)25-13-5-1-2-6-14(13)27/h1-2,5-6,9,11,22H,3-4,7-8,10H2,(H,25,28)(H,23,24,26). The van der Waals surface area contributed by atoms with Gasteiger partial charge in [0, 0.05) is 18.8 Å². The maximum Gasteiger partial charge on any atom is 0.421 e. The molecular formula is C18H19F3N6O. The van der Waals surface area contributed by atoms with E-state index in [2.05, 4.69) is 25.9 Å². The highest BCUT2D eigenvalue weighted by Gasteiger charge is 2.39. The van der Waals surface area contributed by atoms with Crippen LogP contribution in [0.2, 0.25) is 0 Å². The van der Waals surface area contributed by atoms with Gasteiger partial charge in [0.25, 0.3) is 0 Å². The summed E-state index contributed by atoms with van der Waals surface area (Å²) >= 11 is 0. The smallest absolute Gasteiger partial charge is 0.350 e. The van der Waals surface area contributed by atoms with Gasteiger partial charge >= 0.3 is 6.18 Å². The lowest BCUT2D eigenvalue weighted by molar-refractivity contribution is -0.137. The highest BCUT2D eigenvalue weighted by molar-refractivity contribution is 6.03. The highest BCUT2D eigenvalue weighted by atomic mass is 19.4. The molecule has 2 aliphatic rings. The third-order valence-electron chi connectivity index (χ3n) is 4.73. The number of hydrogen-bond donors (Lipinski definition) is 3. The van der Waals surface area contributed by atoms with Crippen molar-refractivity contribution in [3.8, 4) is 0 Å². The Labute approximate surface area is 159 Å². The van der Waals surface area contributed by atoms with Crippen LogP contribution in [-0.4, -0.2) is 41.6 Å². The van der Waals surface area contributed by atoms with Gasteiger partial charge < -0.3 is 20.9 Å². The second-order valence-electron chi connectivity index (χ2n) is 6.77. The first-order valence-electron chi connectivity index (χ1n) is 9.00. The molecule has 0 radical (unpaired) electrons. The Morgan fingerprint density at radius 1 is 1.25 bits per heavy atom. The van der Waals surface area contributed by atoms with Gasteiger partial charge in [-0.05, 0) is 31.5 Å². The van der Waals surface area contributed by atoms with Crippen molar-refractivity contribution in [2.45, 2.75) is 25.1 Å². The lowest BCUT2D eigenvalue weighted by atomic mass is 10.1. The van der Waals surface area contributed by atoms with Gasteiger partial charge in [-0.3, -0.25) is 4.79 Å². The molecule has 1 amide bonds. The lowest BCUT2D eigenvalue weighted by Crippen LogP contribution is -2.39. The van der Waals surface area contributed by atoms with Crippen LogP contribution in [0.4, 0.5) is 36.3 Å². The maximum atomic E-state index is 13.6. The fourth-order valence-electron chi connectivity index (χ4n) is 3.43. The van der Waals surface area contributed by atoms with Crippen LogP contribution in [0.3, 0.4) is 0 Å². The van der Waals surface area contributed by atoms with Crippen LogP contribution in [0.25, 0.3) is 0 Å². The molecule has 7 nitrogen and oxygen atoms in total. The summed E-state index contributed by atoms with van der Waals surface area (Å²) in [6.45, 7) is 1.34. The molecule has 1 fully saturated rings. The van der Waals surface area contributed by atoms with E-state index in [0.29, 0.717) is 17.9 Å². The zero-order valence-electron chi connectivity index (χ0n) is 14.9. The molecule has 0 bridgehead atoms. The number of benzene rings is 1. The van der Waals surface area contributed by atoms with Gasteiger partial charge in [0.2, 0.25) is 11.9 Å². The molecule has 4 rings (SSSR count). The SMILES string of the molecule is O=C1CN(c2nc(NC3CCCNC3)ncc2C(F)(F)F)c2ccccc2N1. The number of hydrogen-bond acceptors (Lipinski definition) is 6. The first kappa shape index (κ1) is 18.5. The number of nitrogens with zero attached hydrogens (tertiary/aromatic N) is 3. The normalized spacial score (nSPS) is 19.8. The summed E-state index contributed by atoms with van der Waals surface area (Å²) in [5.74, 6) is -0.632. The van der Waals surface area contributed by atoms with Crippen molar-refractivity contribution < 1.29 is 18.0 Å². The predicted octanol–water partition coefficient (Wildman–Crippen LogP) is 2.75. The fraction of sp³-hybridized carbons (Fsp3) is 0.389. The Balaban J connectivity index is 1.75. The third kappa shape index (κ3) is 3.72.